The average molecular weight is 421 g/mol. The van der Waals surface area contributed by atoms with Gasteiger partial charge in [0.1, 0.15) is 5.75 Å². The molecule has 1 aliphatic rings. The highest BCUT2D eigenvalue weighted by Gasteiger charge is 2.30. The van der Waals surface area contributed by atoms with Crippen molar-refractivity contribution in [3.05, 3.63) is 59.7 Å². The molecule has 1 atom stereocenters. The van der Waals surface area contributed by atoms with E-state index in [2.05, 4.69) is 15.5 Å². The standard InChI is InChI=1S/C22H26F3N3O2/c1-30-20-5-3-2-4-19(20)28-13-11-17(15-28)14-27-21(29)26-12-10-16-6-8-18(9-7-16)22(23,24)25/h2-9,17H,10-15H2,1H3,(H2,26,27,29). The van der Waals surface area contributed by atoms with Crippen molar-refractivity contribution >= 4 is 11.7 Å². The number of halogens is 3. The molecule has 0 radical (unpaired) electrons. The zero-order chi connectivity index (χ0) is 21.6. The second-order valence-electron chi connectivity index (χ2n) is 7.35. The van der Waals surface area contributed by atoms with Crippen molar-refractivity contribution < 1.29 is 22.7 Å². The van der Waals surface area contributed by atoms with Gasteiger partial charge >= 0.3 is 12.2 Å². The topological polar surface area (TPSA) is 53.6 Å². The fourth-order valence-corrected chi connectivity index (χ4v) is 3.59. The van der Waals surface area contributed by atoms with Gasteiger partial charge in [-0.25, -0.2) is 4.79 Å². The molecule has 5 nitrogen and oxygen atoms in total. The van der Waals surface area contributed by atoms with Crippen molar-refractivity contribution in [3.8, 4) is 5.75 Å². The molecule has 1 saturated heterocycles. The lowest BCUT2D eigenvalue weighted by atomic mass is 10.1. The minimum absolute atomic E-state index is 0.266. The van der Waals surface area contributed by atoms with Gasteiger partial charge in [0, 0.05) is 26.2 Å². The van der Waals surface area contributed by atoms with Gasteiger partial charge in [0.25, 0.3) is 0 Å². The van der Waals surface area contributed by atoms with Gasteiger partial charge in [-0.15, -0.1) is 0 Å². The summed E-state index contributed by atoms with van der Waals surface area (Å²) in [6.07, 6.45) is -2.89. The molecule has 0 spiro atoms. The Morgan fingerprint density at radius 1 is 1.13 bits per heavy atom. The van der Waals surface area contributed by atoms with Gasteiger partial charge in [-0.05, 0) is 48.6 Å². The van der Waals surface area contributed by atoms with Crippen LogP contribution < -0.4 is 20.3 Å². The molecule has 3 rings (SSSR count). The van der Waals surface area contributed by atoms with Crippen LogP contribution in [0.15, 0.2) is 48.5 Å². The Bertz CT molecular complexity index is 840. The number of alkyl halides is 3. The van der Waals surface area contributed by atoms with Crippen LogP contribution in [-0.4, -0.2) is 39.3 Å². The van der Waals surface area contributed by atoms with E-state index in [0.29, 0.717) is 25.4 Å². The first-order valence-corrected chi connectivity index (χ1v) is 9.92. The number of carbonyl (C=O) groups excluding carboxylic acids is 1. The minimum Gasteiger partial charge on any atom is -0.495 e. The first-order chi connectivity index (χ1) is 14.4. The second-order valence-corrected chi connectivity index (χ2v) is 7.35. The summed E-state index contributed by atoms with van der Waals surface area (Å²) in [5.74, 6) is 1.18. The van der Waals surface area contributed by atoms with Crippen molar-refractivity contribution in [2.75, 3.05) is 38.2 Å². The number of benzene rings is 2. The lowest BCUT2D eigenvalue weighted by Crippen LogP contribution is -2.39. The van der Waals surface area contributed by atoms with Gasteiger partial charge in [-0.2, -0.15) is 13.2 Å². The van der Waals surface area contributed by atoms with Crippen LogP contribution in [0, 0.1) is 5.92 Å². The third kappa shape index (κ3) is 5.81. The molecule has 162 valence electrons. The average Bonchev–Trinajstić information content (AvgIpc) is 3.21. The summed E-state index contributed by atoms with van der Waals surface area (Å²) in [5, 5.41) is 5.64. The highest BCUT2D eigenvalue weighted by atomic mass is 19.4. The van der Waals surface area contributed by atoms with Crippen molar-refractivity contribution in [1.29, 1.82) is 0 Å². The number of nitrogens with one attached hydrogen (secondary N) is 2. The molecule has 1 fully saturated rings. The van der Waals surface area contributed by atoms with Crippen LogP contribution >= 0.6 is 0 Å². The highest BCUT2D eigenvalue weighted by molar-refractivity contribution is 5.73. The SMILES string of the molecule is COc1ccccc1N1CCC(CNC(=O)NCCc2ccc(C(F)(F)F)cc2)C1. The van der Waals surface area contributed by atoms with Crippen LogP contribution in [0.25, 0.3) is 0 Å². The fraction of sp³-hybridized carbons (Fsp3) is 0.409. The third-order valence-electron chi connectivity index (χ3n) is 5.24. The minimum atomic E-state index is -4.34. The van der Waals surface area contributed by atoms with E-state index in [-0.39, 0.29) is 6.03 Å². The summed E-state index contributed by atoms with van der Waals surface area (Å²) >= 11 is 0. The molecule has 8 heteroatoms. The Morgan fingerprint density at radius 3 is 2.57 bits per heavy atom. The summed E-state index contributed by atoms with van der Waals surface area (Å²) < 4.78 is 43.1. The number of para-hydroxylation sites is 2. The number of hydrogen-bond donors (Lipinski definition) is 2. The van der Waals surface area contributed by atoms with Crippen LogP contribution in [0.3, 0.4) is 0 Å². The molecule has 0 bridgehead atoms. The molecular formula is C22H26F3N3O2. The summed E-state index contributed by atoms with van der Waals surface area (Å²) in [5.41, 5.74) is 1.13. The molecule has 2 aromatic carbocycles. The maximum atomic E-state index is 12.6. The van der Waals surface area contributed by atoms with Gasteiger partial charge in [-0.1, -0.05) is 24.3 Å². The molecule has 2 aromatic rings. The number of rotatable bonds is 7. The molecular weight excluding hydrogens is 395 g/mol. The van der Waals surface area contributed by atoms with Gasteiger partial charge in [0.2, 0.25) is 0 Å². The largest absolute Gasteiger partial charge is 0.495 e. The van der Waals surface area contributed by atoms with Crippen LogP contribution in [-0.2, 0) is 12.6 Å². The molecule has 1 aliphatic heterocycles. The van der Waals surface area contributed by atoms with Gasteiger partial charge < -0.3 is 20.3 Å². The first-order valence-electron chi connectivity index (χ1n) is 9.92. The number of anilines is 1. The van der Waals surface area contributed by atoms with Crippen LogP contribution in [0.1, 0.15) is 17.5 Å². The maximum absolute atomic E-state index is 12.6. The van der Waals surface area contributed by atoms with Gasteiger partial charge in [-0.3, -0.25) is 0 Å². The number of hydrogen-bond acceptors (Lipinski definition) is 3. The summed E-state index contributed by atoms with van der Waals surface area (Å²) in [6, 6.07) is 12.6. The normalized spacial score (nSPS) is 16.4. The van der Waals surface area contributed by atoms with E-state index in [0.717, 1.165) is 48.6 Å². The van der Waals surface area contributed by atoms with Crippen LogP contribution in [0.2, 0.25) is 0 Å². The van der Waals surface area contributed by atoms with E-state index in [1.165, 1.54) is 12.1 Å². The number of urea groups is 1. The highest BCUT2D eigenvalue weighted by Crippen LogP contribution is 2.32. The summed E-state index contributed by atoms with van der Waals surface area (Å²) in [6.45, 7) is 2.67. The molecule has 2 N–H and O–H groups in total. The molecule has 0 saturated carbocycles. The third-order valence-corrected chi connectivity index (χ3v) is 5.24. The van der Waals surface area contributed by atoms with Crippen molar-refractivity contribution in [1.82, 2.24) is 10.6 Å². The van der Waals surface area contributed by atoms with E-state index in [9.17, 15) is 18.0 Å². The fourth-order valence-electron chi connectivity index (χ4n) is 3.59. The van der Waals surface area contributed by atoms with Crippen molar-refractivity contribution in [2.45, 2.75) is 19.0 Å². The van der Waals surface area contributed by atoms with Crippen molar-refractivity contribution in [2.24, 2.45) is 5.92 Å². The molecule has 1 heterocycles. The van der Waals surface area contributed by atoms with Crippen LogP contribution in [0.5, 0.6) is 5.75 Å². The Hall–Kier alpha value is -2.90. The lowest BCUT2D eigenvalue weighted by Gasteiger charge is -2.21. The molecule has 1 unspecified atom stereocenters. The van der Waals surface area contributed by atoms with Crippen LogP contribution in [0.4, 0.5) is 23.7 Å². The summed E-state index contributed by atoms with van der Waals surface area (Å²) in [4.78, 5) is 14.3. The lowest BCUT2D eigenvalue weighted by molar-refractivity contribution is -0.137. The van der Waals surface area contributed by atoms with Gasteiger partial charge in [0.05, 0.1) is 18.4 Å². The molecule has 0 aromatic heterocycles. The Morgan fingerprint density at radius 2 is 1.87 bits per heavy atom. The van der Waals surface area contributed by atoms with E-state index in [1.54, 1.807) is 7.11 Å². The van der Waals surface area contributed by atoms with E-state index in [4.69, 9.17) is 4.74 Å². The Labute approximate surface area is 174 Å². The molecule has 2 amide bonds. The number of carbonyl (C=O) groups is 1. The first kappa shape index (κ1) is 21.8. The Kier molecular flexibility index (Phi) is 7.07. The number of ether oxygens (including phenoxy) is 1. The predicted molar refractivity (Wildman–Crippen MR) is 110 cm³/mol. The zero-order valence-electron chi connectivity index (χ0n) is 16.8. The second kappa shape index (κ2) is 9.73. The zero-order valence-corrected chi connectivity index (χ0v) is 16.8. The summed E-state index contributed by atoms with van der Waals surface area (Å²) in [7, 11) is 1.66. The molecule has 30 heavy (non-hydrogen) atoms. The monoisotopic (exact) mass is 421 g/mol. The number of nitrogens with zero attached hydrogens (tertiary/aromatic N) is 1. The maximum Gasteiger partial charge on any atom is 0.416 e. The predicted octanol–water partition coefficient (Wildman–Crippen LogP) is 4.08. The van der Waals surface area contributed by atoms with Gasteiger partial charge in [0.15, 0.2) is 0 Å². The van der Waals surface area contributed by atoms with E-state index < -0.39 is 11.7 Å². The number of amides is 2. The molecule has 0 aliphatic carbocycles. The quantitative estimate of drug-likeness (QED) is 0.708. The van der Waals surface area contributed by atoms with E-state index >= 15 is 0 Å². The Balaban J connectivity index is 1.37. The van der Waals surface area contributed by atoms with Crippen molar-refractivity contribution in [3.63, 3.8) is 0 Å². The van der Waals surface area contributed by atoms with E-state index in [1.807, 2.05) is 24.3 Å². The number of methoxy groups -OCH3 is 1. The smallest absolute Gasteiger partial charge is 0.416 e.